The third-order valence-corrected chi connectivity index (χ3v) is 4.88. The van der Waals surface area contributed by atoms with Gasteiger partial charge in [-0.25, -0.2) is 12.8 Å². The Morgan fingerprint density at radius 3 is 2.30 bits per heavy atom. The molecule has 0 fully saturated rings. The molecule has 1 N–H and O–H groups in total. The Bertz CT molecular complexity index is 724. The SMILES string of the molecule is Cc1ccc(OCC(O)CS(=O)(=O)Cc2ccc(F)cc2)cc1. The molecule has 0 aromatic heterocycles. The van der Waals surface area contributed by atoms with Crippen molar-refractivity contribution in [1.82, 2.24) is 0 Å². The van der Waals surface area contributed by atoms with E-state index in [2.05, 4.69) is 0 Å². The van der Waals surface area contributed by atoms with Crippen LogP contribution in [0.2, 0.25) is 0 Å². The minimum atomic E-state index is -3.51. The standard InChI is InChI=1S/C17H19FO4S/c1-13-2-8-17(9-3-13)22-10-16(19)12-23(20,21)11-14-4-6-15(18)7-5-14/h2-9,16,19H,10-12H2,1H3. The third-order valence-electron chi connectivity index (χ3n) is 3.21. The zero-order valence-electron chi connectivity index (χ0n) is 12.8. The van der Waals surface area contributed by atoms with Gasteiger partial charge >= 0.3 is 0 Å². The zero-order chi connectivity index (χ0) is 16.9. The van der Waals surface area contributed by atoms with Crippen LogP contribution in [0.15, 0.2) is 48.5 Å². The van der Waals surface area contributed by atoms with E-state index in [9.17, 15) is 17.9 Å². The molecule has 0 spiro atoms. The van der Waals surface area contributed by atoms with Gasteiger partial charge in [-0.05, 0) is 36.8 Å². The van der Waals surface area contributed by atoms with Crippen molar-refractivity contribution in [2.45, 2.75) is 18.8 Å². The van der Waals surface area contributed by atoms with Crippen molar-refractivity contribution < 1.29 is 22.7 Å². The lowest BCUT2D eigenvalue weighted by atomic mass is 10.2. The molecule has 0 bridgehead atoms. The van der Waals surface area contributed by atoms with Crippen LogP contribution in [0, 0.1) is 12.7 Å². The van der Waals surface area contributed by atoms with E-state index in [0.717, 1.165) is 5.56 Å². The molecule has 1 unspecified atom stereocenters. The predicted octanol–water partition coefficient (Wildman–Crippen LogP) is 2.49. The third kappa shape index (κ3) is 6.00. The average molecular weight is 338 g/mol. The van der Waals surface area contributed by atoms with Crippen LogP contribution in [-0.2, 0) is 15.6 Å². The van der Waals surface area contributed by atoms with Crippen molar-refractivity contribution in [2.75, 3.05) is 12.4 Å². The molecule has 0 aliphatic rings. The summed E-state index contributed by atoms with van der Waals surface area (Å²) in [7, 11) is -3.51. The van der Waals surface area contributed by atoms with Gasteiger partial charge in [-0.3, -0.25) is 0 Å². The van der Waals surface area contributed by atoms with Gasteiger partial charge in [-0.1, -0.05) is 29.8 Å². The molecule has 0 heterocycles. The highest BCUT2D eigenvalue weighted by atomic mass is 32.2. The van der Waals surface area contributed by atoms with Gasteiger partial charge in [0.1, 0.15) is 24.3 Å². The number of halogens is 1. The Balaban J connectivity index is 1.86. The molecular formula is C17H19FO4S. The maximum atomic E-state index is 12.8. The normalized spacial score (nSPS) is 12.8. The summed E-state index contributed by atoms with van der Waals surface area (Å²) >= 11 is 0. The fraction of sp³-hybridized carbons (Fsp3) is 0.294. The van der Waals surface area contributed by atoms with Crippen molar-refractivity contribution in [3.05, 3.63) is 65.5 Å². The van der Waals surface area contributed by atoms with Gasteiger partial charge in [0.25, 0.3) is 0 Å². The van der Waals surface area contributed by atoms with Crippen LogP contribution in [0.4, 0.5) is 4.39 Å². The highest BCUT2D eigenvalue weighted by Gasteiger charge is 2.18. The summed E-state index contributed by atoms with van der Waals surface area (Å²) in [6.45, 7) is 1.84. The topological polar surface area (TPSA) is 63.6 Å². The number of hydrogen-bond donors (Lipinski definition) is 1. The number of aliphatic hydroxyl groups is 1. The molecule has 2 aromatic rings. The van der Waals surface area contributed by atoms with E-state index in [0.29, 0.717) is 11.3 Å². The summed E-state index contributed by atoms with van der Waals surface area (Å²) in [5.74, 6) is -0.492. The molecule has 2 rings (SSSR count). The van der Waals surface area contributed by atoms with E-state index in [-0.39, 0.29) is 12.4 Å². The van der Waals surface area contributed by atoms with E-state index >= 15 is 0 Å². The van der Waals surface area contributed by atoms with Crippen LogP contribution in [0.25, 0.3) is 0 Å². The van der Waals surface area contributed by atoms with Crippen LogP contribution in [0.3, 0.4) is 0 Å². The van der Waals surface area contributed by atoms with Crippen molar-refractivity contribution in [3.63, 3.8) is 0 Å². The minimum absolute atomic E-state index is 0.105. The molecule has 2 aromatic carbocycles. The first-order valence-corrected chi connectivity index (χ1v) is 8.98. The molecule has 0 saturated carbocycles. The summed E-state index contributed by atoms with van der Waals surface area (Å²) in [5.41, 5.74) is 1.57. The van der Waals surface area contributed by atoms with Crippen LogP contribution >= 0.6 is 0 Å². The first kappa shape index (κ1) is 17.4. The lowest BCUT2D eigenvalue weighted by Gasteiger charge is -2.13. The number of sulfone groups is 1. The number of aryl methyl sites for hydroxylation is 1. The fourth-order valence-corrected chi connectivity index (χ4v) is 3.56. The number of hydrogen-bond acceptors (Lipinski definition) is 4. The van der Waals surface area contributed by atoms with Crippen LogP contribution in [0.1, 0.15) is 11.1 Å². The first-order chi connectivity index (χ1) is 10.8. The van der Waals surface area contributed by atoms with Crippen LogP contribution in [-0.4, -0.2) is 32.0 Å². The summed E-state index contributed by atoms with van der Waals surface area (Å²) in [6.07, 6.45) is -1.12. The van der Waals surface area contributed by atoms with Crippen molar-refractivity contribution in [1.29, 1.82) is 0 Å². The maximum Gasteiger partial charge on any atom is 0.157 e. The molecule has 0 radical (unpaired) electrons. The van der Waals surface area contributed by atoms with E-state index in [1.165, 1.54) is 24.3 Å². The lowest BCUT2D eigenvalue weighted by Crippen LogP contribution is -2.27. The van der Waals surface area contributed by atoms with E-state index in [4.69, 9.17) is 4.74 Å². The first-order valence-electron chi connectivity index (χ1n) is 7.16. The second kappa shape index (κ2) is 7.57. The summed E-state index contributed by atoms with van der Waals surface area (Å²) in [6, 6.07) is 12.5. The highest BCUT2D eigenvalue weighted by molar-refractivity contribution is 7.90. The van der Waals surface area contributed by atoms with E-state index in [1.54, 1.807) is 12.1 Å². The number of ether oxygens (including phenoxy) is 1. The van der Waals surface area contributed by atoms with Gasteiger partial charge in [0.15, 0.2) is 9.84 Å². The van der Waals surface area contributed by atoms with Crippen LogP contribution in [0.5, 0.6) is 5.75 Å². The second-order valence-corrected chi connectivity index (χ2v) is 7.57. The Morgan fingerprint density at radius 2 is 1.70 bits per heavy atom. The Morgan fingerprint density at radius 1 is 1.09 bits per heavy atom. The van der Waals surface area contributed by atoms with E-state index < -0.39 is 27.5 Å². The molecule has 124 valence electrons. The van der Waals surface area contributed by atoms with Gasteiger partial charge in [-0.2, -0.15) is 0 Å². The Kier molecular flexibility index (Phi) is 5.74. The van der Waals surface area contributed by atoms with Gasteiger partial charge in [0.2, 0.25) is 0 Å². The molecule has 6 heteroatoms. The fourth-order valence-electron chi connectivity index (χ4n) is 2.06. The maximum absolute atomic E-state index is 12.8. The van der Waals surface area contributed by atoms with E-state index in [1.807, 2.05) is 19.1 Å². The molecule has 23 heavy (non-hydrogen) atoms. The van der Waals surface area contributed by atoms with Crippen molar-refractivity contribution in [3.8, 4) is 5.75 Å². The molecule has 1 atom stereocenters. The molecule has 0 amide bonds. The molecule has 0 saturated heterocycles. The van der Waals surface area contributed by atoms with Crippen LogP contribution < -0.4 is 4.74 Å². The quantitative estimate of drug-likeness (QED) is 0.842. The highest BCUT2D eigenvalue weighted by Crippen LogP contribution is 2.13. The van der Waals surface area contributed by atoms with Gasteiger partial charge in [-0.15, -0.1) is 0 Å². The molecule has 4 nitrogen and oxygen atoms in total. The Labute approximate surface area is 135 Å². The van der Waals surface area contributed by atoms with Crippen molar-refractivity contribution in [2.24, 2.45) is 0 Å². The number of rotatable bonds is 7. The summed E-state index contributed by atoms with van der Waals surface area (Å²) < 4.78 is 42.3. The Hall–Kier alpha value is -1.92. The zero-order valence-corrected chi connectivity index (χ0v) is 13.6. The monoisotopic (exact) mass is 338 g/mol. The van der Waals surface area contributed by atoms with Crippen molar-refractivity contribution >= 4 is 9.84 Å². The molecule has 0 aliphatic heterocycles. The predicted molar refractivity (Wildman–Crippen MR) is 86.6 cm³/mol. The average Bonchev–Trinajstić information content (AvgIpc) is 2.48. The number of benzene rings is 2. The molecule has 0 aliphatic carbocycles. The van der Waals surface area contributed by atoms with Gasteiger partial charge < -0.3 is 9.84 Å². The molecular weight excluding hydrogens is 319 g/mol. The lowest BCUT2D eigenvalue weighted by molar-refractivity contribution is 0.125. The van der Waals surface area contributed by atoms with Gasteiger partial charge in [0, 0.05) is 0 Å². The number of aliphatic hydroxyl groups excluding tert-OH is 1. The van der Waals surface area contributed by atoms with Gasteiger partial charge in [0.05, 0.1) is 11.5 Å². The largest absolute Gasteiger partial charge is 0.491 e. The minimum Gasteiger partial charge on any atom is -0.491 e. The summed E-state index contributed by atoms with van der Waals surface area (Å²) in [4.78, 5) is 0. The second-order valence-electron chi connectivity index (χ2n) is 5.46. The smallest absolute Gasteiger partial charge is 0.157 e. The summed E-state index contributed by atoms with van der Waals surface area (Å²) in [5, 5.41) is 9.86.